The number of nitrogens with one attached hydrogen (secondary N) is 1. The van der Waals surface area contributed by atoms with Gasteiger partial charge < -0.3 is 5.32 Å². The van der Waals surface area contributed by atoms with Crippen LogP contribution in [0.2, 0.25) is 0 Å². The van der Waals surface area contributed by atoms with Crippen molar-refractivity contribution in [2.45, 2.75) is 13.8 Å². The van der Waals surface area contributed by atoms with E-state index >= 15 is 0 Å². The Morgan fingerprint density at radius 2 is 2.00 bits per heavy atom. The highest BCUT2D eigenvalue weighted by Gasteiger charge is 2.38. The molecule has 5 nitrogen and oxygen atoms in total. The zero-order valence-electron chi connectivity index (χ0n) is 11.3. The molecule has 0 fully saturated rings. The van der Waals surface area contributed by atoms with Gasteiger partial charge in [-0.2, -0.15) is 0 Å². The lowest BCUT2D eigenvalue weighted by Crippen LogP contribution is -2.41. The first-order chi connectivity index (χ1) is 9.41. The maximum Gasteiger partial charge on any atom is 0.265 e. The summed E-state index contributed by atoms with van der Waals surface area (Å²) in [5, 5.41) is 2.61. The summed E-state index contributed by atoms with van der Waals surface area (Å²) in [6, 6.07) is 3.86. The van der Waals surface area contributed by atoms with Gasteiger partial charge in [-0.05, 0) is 18.1 Å². The van der Waals surface area contributed by atoms with E-state index < -0.39 is 30.1 Å². The fourth-order valence-corrected chi connectivity index (χ4v) is 1.95. The van der Waals surface area contributed by atoms with Gasteiger partial charge in [0, 0.05) is 6.54 Å². The molecule has 0 aromatic heterocycles. The van der Waals surface area contributed by atoms with Gasteiger partial charge in [-0.25, -0.2) is 4.39 Å². The van der Waals surface area contributed by atoms with Crippen LogP contribution >= 0.6 is 0 Å². The van der Waals surface area contributed by atoms with Gasteiger partial charge in [-0.15, -0.1) is 0 Å². The molecule has 1 aliphatic heterocycles. The van der Waals surface area contributed by atoms with Crippen molar-refractivity contribution in [3.63, 3.8) is 0 Å². The highest BCUT2D eigenvalue weighted by atomic mass is 19.1. The lowest BCUT2D eigenvalue weighted by atomic mass is 10.1. The van der Waals surface area contributed by atoms with Gasteiger partial charge in [-0.3, -0.25) is 19.3 Å². The number of imide groups is 1. The van der Waals surface area contributed by atoms with E-state index in [4.69, 9.17) is 0 Å². The molecule has 3 amide bonds. The second-order valence-electron chi connectivity index (χ2n) is 5.06. The van der Waals surface area contributed by atoms with Crippen LogP contribution in [0.25, 0.3) is 0 Å². The van der Waals surface area contributed by atoms with Crippen LogP contribution in [-0.2, 0) is 4.79 Å². The highest BCUT2D eigenvalue weighted by Crippen LogP contribution is 2.24. The second kappa shape index (κ2) is 5.40. The molecule has 1 aromatic rings. The number of benzene rings is 1. The molecule has 0 aliphatic carbocycles. The predicted molar refractivity (Wildman–Crippen MR) is 69.6 cm³/mol. The van der Waals surface area contributed by atoms with Gasteiger partial charge in [0.1, 0.15) is 12.4 Å². The first-order valence-electron chi connectivity index (χ1n) is 6.33. The molecule has 20 heavy (non-hydrogen) atoms. The fraction of sp³-hybridized carbons (Fsp3) is 0.357. The topological polar surface area (TPSA) is 66.5 Å². The number of carbonyl (C=O) groups excluding carboxylic acids is 3. The third-order valence-electron chi connectivity index (χ3n) is 2.96. The Balaban J connectivity index is 2.13. The summed E-state index contributed by atoms with van der Waals surface area (Å²) < 4.78 is 13.6. The standard InChI is InChI=1S/C14H15FN2O3/c1-8(2)6-16-11(18)7-17-13(19)9-4-3-5-10(15)12(9)14(17)20/h3-5,8H,6-7H2,1-2H3,(H,16,18). The highest BCUT2D eigenvalue weighted by molar-refractivity contribution is 6.22. The molecular weight excluding hydrogens is 263 g/mol. The van der Waals surface area contributed by atoms with Crippen LogP contribution in [0.4, 0.5) is 4.39 Å². The number of fused-ring (bicyclic) bond motifs is 1. The van der Waals surface area contributed by atoms with Crippen molar-refractivity contribution in [3.8, 4) is 0 Å². The summed E-state index contributed by atoms with van der Waals surface area (Å²) in [4.78, 5) is 36.4. The number of halogens is 1. The minimum Gasteiger partial charge on any atom is -0.354 e. The third-order valence-corrected chi connectivity index (χ3v) is 2.96. The molecule has 0 spiro atoms. The first kappa shape index (κ1) is 14.2. The van der Waals surface area contributed by atoms with Crippen LogP contribution in [-0.4, -0.2) is 35.7 Å². The lowest BCUT2D eigenvalue weighted by Gasteiger charge is -2.14. The normalized spacial score (nSPS) is 13.9. The Morgan fingerprint density at radius 1 is 1.30 bits per heavy atom. The Hall–Kier alpha value is -2.24. The zero-order valence-corrected chi connectivity index (χ0v) is 11.3. The van der Waals surface area contributed by atoms with Crippen LogP contribution in [0.15, 0.2) is 18.2 Å². The molecular formula is C14H15FN2O3. The quantitative estimate of drug-likeness (QED) is 0.841. The molecule has 1 aromatic carbocycles. The van der Waals surface area contributed by atoms with Crippen LogP contribution in [0.3, 0.4) is 0 Å². The summed E-state index contributed by atoms with van der Waals surface area (Å²) in [6.45, 7) is 3.92. The number of amides is 3. The molecule has 1 N–H and O–H groups in total. The average molecular weight is 278 g/mol. The molecule has 0 unspecified atom stereocenters. The lowest BCUT2D eigenvalue weighted by molar-refractivity contribution is -0.121. The number of hydrogen-bond acceptors (Lipinski definition) is 3. The molecule has 6 heteroatoms. The van der Waals surface area contributed by atoms with Crippen LogP contribution in [0.1, 0.15) is 34.6 Å². The van der Waals surface area contributed by atoms with Crippen molar-refractivity contribution in [2.24, 2.45) is 5.92 Å². The number of nitrogens with zero attached hydrogens (tertiary/aromatic N) is 1. The van der Waals surface area contributed by atoms with Crippen molar-refractivity contribution in [3.05, 3.63) is 35.1 Å². The molecule has 0 saturated heterocycles. The summed E-state index contributed by atoms with van der Waals surface area (Å²) in [7, 11) is 0. The van der Waals surface area contributed by atoms with E-state index in [9.17, 15) is 18.8 Å². The number of hydrogen-bond donors (Lipinski definition) is 1. The maximum absolute atomic E-state index is 13.6. The maximum atomic E-state index is 13.6. The summed E-state index contributed by atoms with van der Waals surface area (Å²) in [6.07, 6.45) is 0. The van der Waals surface area contributed by atoms with E-state index in [1.807, 2.05) is 13.8 Å². The SMILES string of the molecule is CC(C)CNC(=O)CN1C(=O)c2cccc(F)c2C1=O. The van der Waals surface area contributed by atoms with E-state index in [2.05, 4.69) is 5.32 Å². The molecule has 0 atom stereocenters. The molecule has 1 aliphatic rings. The van der Waals surface area contributed by atoms with Gasteiger partial charge in [-0.1, -0.05) is 19.9 Å². The fourth-order valence-electron chi connectivity index (χ4n) is 1.95. The van der Waals surface area contributed by atoms with E-state index in [1.54, 1.807) is 0 Å². The monoisotopic (exact) mass is 278 g/mol. The minimum atomic E-state index is -0.761. The first-order valence-corrected chi connectivity index (χ1v) is 6.33. The van der Waals surface area contributed by atoms with Gasteiger partial charge in [0.15, 0.2) is 0 Å². The van der Waals surface area contributed by atoms with Crippen molar-refractivity contribution in [1.82, 2.24) is 10.2 Å². The summed E-state index contributed by atoms with van der Waals surface area (Å²) >= 11 is 0. The molecule has 106 valence electrons. The van der Waals surface area contributed by atoms with Crippen molar-refractivity contribution >= 4 is 17.7 Å². The smallest absolute Gasteiger partial charge is 0.265 e. The summed E-state index contributed by atoms with van der Waals surface area (Å²) in [5.41, 5.74) is -0.249. The van der Waals surface area contributed by atoms with Crippen molar-refractivity contribution < 1.29 is 18.8 Å². The van der Waals surface area contributed by atoms with Crippen LogP contribution in [0.5, 0.6) is 0 Å². The van der Waals surface area contributed by atoms with Gasteiger partial charge in [0.25, 0.3) is 11.8 Å². The van der Waals surface area contributed by atoms with Crippen molar-refractivity contribution in [1.29, 1.82) is 0 Å². The Morgan fingerprint density at radius 3 is 2.60 bits per heavy atom. The van der Waals surface area contributed by atoms with Crippen LogP contribution < -0.4 is 5.32 Å². The van der Waals surface area contributed by atoms with Crippen LogP contribution in [0, 0.1) is 11.7 Å². The minimum absolute atomic E-state index is 0.00617. The molecule has 1 heterocycles. The van der Waals surface area contributed by atoms with Gasteiger partial charge in [0.2, 0.25) is 5.91 Å². The number of rotatable bonds is 4. The predicted octanol–water partition coefficient (Wildman–Crippen LogP) is 1.19. The summed E-state index contributed by atoms with van der Waals surface area (Å²) in [5.74, 6) is -2.31. The van der Waals surface area contributed by atoms with E-state index in [-0.39, 0.29) is 17.0 Å². The molecule has 2 rings (SSSR count). The van der Waals surface area contributed by atoms with Gasteiger partial charge >= 0.3 is 0 Å². The Labute approximate surface area is 115 Å². The van der Waals surface area contributed by atoms with E-state index in [1.165, 1.54) is 12.1 Å². The average Bonchev–Trinajstić information content (AvgIpc) is 2.63. The van der Waals surface area contributed by atoms with E-state index in [0.717, 1.165) is 11.0 Å². The Kier molecular flexibility index (Phi) is 3.83. The second-order valence-corrected chi connectivity index (χ2v) is 5.06. The Bertz CT molecular complexity index is 584. The van der Waals surface area contributed by atoms with E-state index in [0.29, 0.717) is 6.54 Å². The largest absolute Gasteiger partial charge is 0.354 e. The molecule has 0 radical (unpaired) electrons. The molecule has 0 bridgehead atoms. The van der Waals surface area contributed by atoms with Gasteiger partial charge in [0.05, 0.1) is 11.1 Å². The third kappa shape index (κ3) is 2.54. The van der Waals surface area contributed by atoms with Crippen molar-refractivity contribution in [2.75, 3.05) is 13.1 Å². The number of carbonyl (C=O) groups is 3. The molecule has 0 saturated carbocycles. The zero-order chi connectivity index (χ0) is 14.9.